The van der Waals surface area contributed by atoms with Gasteiger partial charge >= 0.3 is 0 Å². The van der Waals surface area contributed by atoms with Crippen molar-refractivity contribution >= 4 is 23.4 Å². The third-order valence-electron chi connectivity index (χ3n) is 5.33. The predicted octanol–water partition coefficient (Wildman–Crippen LogP) is 3.28. The molecule has 2 heterocycles. The molecular weight excluding hydrogens is 402 g/mol. The summed E-state index contributed by atoms with van der Waals surface area (Å²) in [6.07, 6.45) is 0. The molecule has 0 saturated carbocycles. The van der Waals surface area contributed by atoms with E-state index in [0.29, 0.717) is 22.9 Å². The van der Waals surface area contributed by atoms with Crippen molar-refractivity contribution < 1.29 is 14.3 Å². The molecule has 1 amide bonds. The standard InChI is InChI=1S/C22H23N3O4S/c1-14-19(21(27)25(23(14)2)15-9-6-5-7-10-15)24-18(26)13-30-22(24)16-11-8-12-17(28-3)20(16)29-4/h5-12,22H,13H2,1-4H3/t22-/m1/s1. The maximum absolute atomic E-state index is 13.5. The molecule has 0 bridgehead atoms. The van der Waals surface area contributed by atoms with Crippen LogP contribution in [0.3, 0.4) is 0 Å². The summed E-state index contributed by atoms with van der Waals surface area (Å²) >= 11 is 1.47. The van der Waals surface area contributed by atoms with Crippen molar-refractivity contribution in [3.8, 4) is 17.2 Å². The second-order valence-electron chi connectivity index (χ2n) is 6.92. The molecule has 8 heteroatoms. The fraction of sp³-hybridized carbons (Fsp3) is 0.273. The highest BCUT2D eigenvalue weighted by Crippen LogP contribution is 2.47. The number of methoxy groups -OCH3 is 2. The predicted molar refractivity (Wildman–Crippen MR) is 118 cm³/mol. The summed E-state index contributed by atoms with van der Waals surface area (Å²) in [7, 11) is 4.97. The molecule has 1 fully saturated rings. The molecule has 0 aliphatic carbocycles. The van der Waals surface area contributed by atoms with Crippen LogP contribution in [0.15, 0.2) is 53.3 Å². The normalized spacial score (nSPS) is 16.2. The number of anilines is 1. The summed E-state index contributed by atoms with van der Waals surface area (Å²) in [5, 5.41) is -0.388. The minimum Gasteiger partial charge on any atom is -0.493 e. The lowest BCUT2D eigenvalue weighted by Crippen LogP contribution is -2.33. The minimum atomic E-state index is -0.388. The van der Waals surface area contributed by atoms with Gasteiger partial charge in [-0.15, -0.1) is 11.8 Å². The van der Waals surface area contributed by atoms with E-state index in [4.69, 9.17) is 9.47 Å². The summed E-state index contributed by atoms with van der Waals surface area (Å²) in [6, 6.07) is 15.0. The molecule has 7 nitrogen and oxygen atoms in total. The highest BCUT2D eigenvalue weighted by molar-refractivity contribution is 8.00. The van der Waals surface area contributed by atoms with Crippen LogP contribution in [0.1, 0.15) is 16.6 Å². The van der Waals surface area contributed by atoms with Crippen LogP contribution in [0, 0.1) is 6.92 Å². The number of hydrogen-bond donors (Lipinski definition) is 0. The first-order chi connectivity index (χ1) is 14.5. The van der Waals surface area contributed by atoms with Crippen molar-refractivity contribution in [3.63, 3.8) is 0 Å². The van der Waals surface area contributed by atoms with Crippen LogP contribution in [0.5, 0.6) is 11.5 Å². The van der Waals surface area contributed by atoms with Crippen molar-refractivity contribution in [1.82, 2.24) is 9.36 Å². The molecular formula is C22H23N3O4S. The third kappa shape index (κ3) is 3.08. The number of nitrogens with zero attached hydrogens (tertiary/aromatic N) is 3. The van der Waals surface area contributed by atoms with Crippen molar-refractivity contribution in [2.45, 2.75) is 12.3 Å². The molecule has 1 aliphatic rings. The first kappa shape index (κ1) is 20.2. The van der Waals surface area contributed by atoms with Crippen LogP contribution < -0.4 is 19.9 Å². The number of aromatic nitrogens is 2. The smallest absolute Gasteiger partial charge is 0.295 e. The van der Waals surface area contributed by atoms with E-state index < -0.39 is 0 Å². The maximum atomic E-state index is 13.5. The van der Waals surface area contributed by atoms with Gasteiger partial charge in [-0.1, -0.05) is 30.3 Å². The van der Waals surface area contributed by atoms with Crippen LogP contribution in [-0.4, -0.2) is 35.2 Å². The molecule has 156 valence electrons. The molecule has 2 aromatic carbocycles. The number of thioether (sulfide) groups is 1. The highest BCUT2D eigenvalue weighted by Gasteiger charge is 2.40. The summed E-state index contributed by atoms with van der Waals surface area (Å²) < 4.78 is 14.4. The van der Waals surface area contributed by atoms with Gasteiger partial charge in [0.1, 0.15) is 11.1 Å². The average molecular weight is 426 g/mol. The Morgan fingerprint density at radius 2 is 1.73 bits per heavy atom. The number of para-hydroxylation sites is 2. The van der Waals surface area contributed by atoms with Gasteiger partial charge in [-0.3, -0.25) is 19.2 Å². The van der Waals surface area contributed by atoms with E-state index in [1.807, 2.05) is 62.5 Å². The molecule has 30 heavy (non-hydrogen) atoms. The SMILES string of the molecule is COc1cccc([C@H]2SCC(=O)N2c2c(C)n(C)n(-c3ccccc3)c2=O)c1OC. The molecule has 1 aliphatic heterocycles. The Morgan fingerprint density at radius 1 is 1.00 bits per heavy atom. The monoisotopic (exact) mass is 425 g/mol. The molecule has 0 spiro atoms. The van der Waals surface area contributed by atoms with Gasteiger partial charge in [0.05, 0.1) is 31.4 Å². The van der Waals surface area contributed by atoms with Crippen molar-refractivity contribution in [2.24, 2.45) is 7.05 Å². The molecule has 0 radical (unpaired) electrons. The molecule has 1 saturated heterocycles. The van der Waals surface area contributed by atoms with Gasteiger partial charge in [0.25, 0.3) is 5.56 Å². The molecule has 1 atom stereocenters. The van der Waals surface area contributed by atoms with Crippen LogP contribution in [0.4, 0.5) is 5.69 Å². The summed E-state index contributed by atoms with van der Waals surface area (Å²) in [5.74, 6) is 1.32. The Hall–Kier alpha value is -3.13. The van der Waals surface area contributed by atoms with Crippen LogP contribution in [-0.2, 0) is 11.8 Å². The third-order valence-corrected chi connectivity index (χ3v) is 6.53. The lowest BCUT2D eigenvalue weighted by Gasteiger charge is -2.25. The van der Waals surface area contributed by atoms with Gasteiger partial charge in [-0.05, 0) is 25.1 Å². The fourth-order valence-electron chi connectivity index (χ4n) is 3.83. The molecule has 3 aromatic rings. The van der Waals surface area contributed by atoms with Crippen LogP contribution in [0.2, 0.25) is 0 Å². The Kier molecular flexibility index (Phi) is 5.34. The number of rotatable bonds is 5. The van der Waals surface area contributed by atoms with Gasteiger partial charge in [-0.2, -0.15) is 0 Å². The van der Waals surface area contributed by atoms with E-state index in [0.717, 1.165) is 11.3 Å². The van der Waals surface area contributed by atoms with E-state index >= 15 is 0 Å². The Balaban J connectivity index is 1.89. The van der Waals surface area contributed by atoms with Gasteiger partial charge in [0.15, 0.2) is 11.5 Å². The number of benzene rings is 2. The quantitative estimate of drug-likeness (QED) is 0.628. The fourth-order valence-corrected chi connectivity index (χ4v) is 5.01. The largest absolute Gasteiger partial charge is 0.493 e. The molecule has 4 rings (SSSR count). The van der Waals surface area contributed by atoms with E-state index in [-0.39, 0.29) is 22.6 Å². The number of carbonyl (C=O) groups is 1. The Labute approximate surface area is 178 Å². The Morgan fingerprint density at radius 3 is 2.40 bits per heavy atom. The second-order valence-corrected chi connectivity index (χ2v) is 7.99. The summed E-state index contributed by atoms with van der Waals surface area (Å²) in [5.41, 5.74) is 2.40. The minimum absolute atomic E-state index is 0.110. The molecule has 1 aromatic heterocycles. The maximum Gasteiger partial charge on any atom is 0.295 e. The summed E-state index contributed by atoms with van der Waals surface area (Å²) in [4.78, 5) is 28.0. The van der Waals surface area contributed by atoms with Crippen molar-refractivity contribution in [1.29, 1.82) is 0 Å². The van der Waals surface area contributed by atoms with Crippen molar-refractivity contribution in [3.05, 3.63) is 70.1 Å². The first-order valence-corrected chi connectivity index (χ1v) is 10.5. The highest BCUT2D eigenvalue weighted by atomic mass is 32.2. The number of hydrogen-bond acceptors (Lipinski definition) is 5. The van der Waals surface area contributed by atoms with Crippen LogP contribution in [0.25, 0.3) is 5.69 Å². The zero-order valence-electron chi connectivity index (χ0n) is 17.3. The van der Waals surface area contributed by atoms with E-state index in [1.165, 1.54) is 11.8 Å². The summed E-state index contributed by atoms with van der Waals surface area (Å²) in [6.45, 7) is 1.85. The lowest BCUT2D eigenvalue weighted by atomic mass is 10.1. The van der Waals surface area contributed by atoms with Gasteiger partial charge in [0.2, 0.25) is 5.91 Å². The topological polar surface area (TPSA) is 65.7 Å². The van der Waals surface area contributed by atoms with Crippen molar-refractivity contribution in [2.75, 3.05) is 24.9 Å². The van der Waals surface area contributed by atoms with E-state index in [9.17, 15) is 9.59 Å². The lowest BCUT2D eigenvalue weighted by molar-refractivity contribution is -0.115. The average Bonchev–Trinajstić information content (AvgIpc) is 3.24. The number of carbonyl (C=O) groups excluding carboxylic acids is 1. The Bertz CT molecular complexity index is 1150. The first-order valence-electron chi connectivity index (χ1n) is 9.48. The van der Waals surface area contributed by atoms with Gasteiger partial charge in [-0.25, -0.2) is 4.68 Å². The zero-order valence-corrected chi connectivity index (χ0v) is 18.1. The van der Waals surface area contributed by atoms with E-state index in [2.05, 4.69) is 0 Å². The molecule has 0 unspecified atom stereocenters. The zero-order chi connectivity index (χ0) is 21.4. The molecule has 0 N–H and O–H groups in total. The number of ether oxygens (including phenoxy) is 2. The van der Waals surface area contributed by atoms with Gasteiger partial charge in [0, 0.05) is 12.6 Å². The van der Waals surface area contributed by atoms with Gasteiger partial charge < -0.3 is 9.47 Å². The van der Waals surface area contributed by atoms with Crippen LogP contribution >= 0.6 is 11.8 Å². The second kappa shape index (κ2) is 7.95. The van der Waals surface area contributed by atoms with E-state index in [1.54, 1.807) is 28.5 Å². The number of amides is 1.